The maximum Gasteiger partial charge on any atom is 0.416 e. The summed E-state index contributed by atoms with van der Waals surface area (Å²) >= 11 is 0. The van der Waals surface area contributed by atoms with Crippen LogP contribution >= 0.6 is 0 Å². The predicted molar refractivity (Wildman–Crippen MR) is 158 cm³/mol. The van der Waals surface area contributed by atoms with E-state index in [2.05, 4.69) is 25.9 Å². The minimum Gasteiger partial charge on any atom is -0.369 e. The van der Waals surface area contributed by atoms with Crippen molar-refractivity contribution in [1.29, 1.82) is 4.78 Å². The molecule has 0 aliphatic carbocycles. The molecule has 4 bridgehead atoms. The Balaban J connectivity index is 1.35. The second kappa shape index (κ2) is 11.7. The average Bonchev–Trinajstić information content (AvgIpc) is 2.97. The number of halogens is 3. The molecule has 13 heteroatoms. The molecule has 42 heavy (non-hydrogen) atoms. The number of hydrogen-bond donors (Lipinski definition) is 4. The Morgan fingerprint density at radius 2 is 1.81 bits per heavy atom. The van der Waals surface area contributed by atoms with Gasteiger partial charge in [0.2, 0.25) is 5.95 Å². The van der Waals surface area contributed by atoms with Crippen molar-refractivity contribution in [2.45, 2.75) is 23.9 Å². The van der Waals surface area contributed by atoms with Crippen molar-refractivity contribution < 1.29 is 22.2 Å². The number of hydrogen-bond acceptors (Lipinski definition) is 7. The van der Waals surface area contributed by atoms with Crippen LogP contribution in [-0.4, -0.2) is 39.6 Å². The van der Waals surface area contributed by atoms with Crippen LogP contribution in [0.3, 0.4) is 0 Å². The van der Waals surface area contributed by atoms with Crippen molar-refractivity contribution >= 4 is 44.6 Å². The molecule has 5 rings (SSSR count). The molecule has 0 radical (unpaired) electrons. The van der Waals surface area contributed by atoms with E-state index in [-0.39, 0.29) is 11.4 Å². The second-order valence-corrected chi connectivity index (χ2v) is 12.0. The summed E-state index contributed by atoms with van der Waals surface area (Å²) in [5.41, 5.74) is 1.83. The topological polar surface area (TPSA) is 123 Å². The molecule has 2 heterocycles. The largest absolute Gasteiger partial charge is 0.416 e. The zero-order chi connectivity index (χ0) is 29.9. The molecule has 1 aliphatic rings. The van der Waals surface area contributed by atoms with Crippen LogP contribution in [0.25, 0.3) is 11.1 Å². The van der Waals surface area contributed by atoms with E-state index in [0.717, 1.165) is 23.3 Å². The summed E-state index contributed by atoms with van der Waals surface area (Å²) in [4.78, 5) is 23.6. The smallest absolute Gasteiger partial charge is 0.369 e. The maximum absolute atomic E-state index is 13.0. The van der Waals surface area contributed by atoms with E-state index in [1.807, 2.05) is 0 Å². The molecule has 1 aliphatic heterocycles. The molecule has 0 fully saturated rings. The fourth-order valence-corrected chi connectivity index (χ4v) is 5.88. The Morgan fingerprint density at radius 1 is 1.05 bits per heavy atom. The number of aromatic nitrogens is 2. The zero-order valence-corrected chi connectivity index (χ0v) is 23.4. The molecule has 9 nitrogen and oxygen atoms in total. The molecule has 0 saturated heterocycles. The van der Waals surface area contributed by atoms with E-state index in [9.17, 15) is 22.2 Å². The first-order valence-electron chi connectivity index (χ1n) is 13.1. The number of nitrogens with one attached hydrogen (secondary N) is 4. The quantitative estimate of drug-likeness (QED) is 0.199. The van der Waals surface area contributed by atoms with Crippen molar-refractivity contribution in [2.75, 3.05) is 40.2 Å². The summed E-state index contributed by atoms with van der Waals surface area (Å²) in [7, 11) is -1.40. The Bertz CT molecular complexity index is 1710. The highest BCUT2D eigenvalue weighted by molar-refractivity contribution is 7.92. The van der Waals surface area contributed by atoms with Crippen molar-refractivity contribution in [2.24, 2.45) is 0 Å². The number of alkyl halides is 3. The third-order valence-electron chi connectivity index (χ3n) is 6.72. The molecular formula is C29H28F3N7O2S. The molecule has 1 atom stereocenters. The highest BCUT2D eigenvalue weighted by atomic mass is 32.2. The lowest BCUT2D eigenvalue weighted by atomic mass is 10.1. The summed E-state index contributed by atoms with van der Waals surface area (Å²) in [5.74, 6) is 1.17. The monoisotopic (exact) mass is 595 g/mol. The van der Waals surface area contributed by atoms with E-state index in [4.69, 9.17) is 4.78 Å². The summed E-state index contributed by atoms with van der Waals surface area (Å²) < 4.78 is 60.4. The fraction of sp³-hybridized carbons (Fsp3) is 0.207. The summed E-state index contributed by atoms with van der Waals surface area (Å²) in [6.45, 7) is 0.549. The number of benzene rings is 3. The maximum atomic E-state index is 13.0. The molecule has 218 valence electrons. The van der Waals surface area contributed by atoms with Gasteiger partial charge in [-0.1, -0.05) is 24.3 Å². The minimum absolute atomic E-state index is 0.0343. The van der Waals surface area contributed by atoms with E-state index in [0.29, 0.717) is 47.4 Å². The first-order valence-corrected chi connectivity index (χ1v) is 14.8. The van der Waals surface area contributed by atoms with Crippen LogP contribution < -0.4 is 20.9 Å². The van der Waals surface area contributed by atoms with Crippen molar-refractivity contribution in [3.05, 3.63) is 84.6 Å². The van der Waals surface area contributed by atoms with Gasteiger partial charge in [0.1, 0.15) is 5.82 Å². The highest BCUT2D eigenvalue weighted by Gasteiger charge is 2.30. The first kappa shape index (κ1) is 28.9. The van der Waals surface area contributed by atoms with E-state index >= 15 is 0 Å². The van der Waals surface area contributed by atoms with Gasteiger partial charge in [0.15, 0.2) is 0 Å². The SMILES string of the molecule is CN(C(=O)Nc1cccc(C(F)(F)F)c1)c1ccc(-c2cnc3nc2NCCCCS(=N)(=O)c2cccc(c2)N3)cc1. The number of carbonyl (C=O) groups is 1. The second-order valence-electron chi connectivity index (χ2n) is 9.74. The summed E-state index contributed by atoms with van der Waals surface area (Å²) in [6.07, 6.45) is -1.55. The van der Waals surface area contributed by atoms with Crippen LogP contribution in [0, 0.1) is 4.78 Å². The Morgan fingerprint density at radius 3 is 2.57 bits per heavy atom. The van der Waals surface area contributed by atoms with E-state index in [1.54, 1.807) is 54.7 Å². The average molecular weight is 596 g/mol. The van der Waals surface area contributed by atoms with Crippen LogP contribution in [0.15, 0.2) is 83.9 Å². The summed E-state index contributed by atoms with van der Waals surface area (Å²) in [6, 6.07) is 17.8. The third-order valence-corrected chi connectivity index (χ3v) is 8.60. The van der Waals surface area contributed by atoms with Gasteiger partial charge < -0.3 is 16.0 Å². The minimum atomic E-state index is -4.51. The number of carbonyl (C=O) groups excluding carboxylic acids is 1. The number of urea groups is 1. The molecule has 1 unspecified atom stereocenters. The van der Waals surface area contributed by atoms with Gasteiger partial charge in [-0.25, -0.2) is 18.8 Å². The van der Waals surface area contributed by atoms with Gasteiger partial charge in [-0.15, -0.1) is 0 Å². The van der Waals surface area contributed by atoms with Crippen LogP contribution in [-0.2, 0) is 15.9 Å². The molecule has 1 aromatic heterocycles. The molecule has 0 spiro atoms. The molecule has 3 aromatic carbocycles. The van der Waals surface area contributed by atoms with Gasteiger partial charge in [0.25, 0.3) is 0 Å². The van der Waals surface area contributed by atoms with E-state index < -0.39 is 27.5 Å². The van der Waals surface area contributed by atoms with Crippen LogP contribution in [0.5, 0.6) is 0 Å². The molecular weight excluding hydrogens is 567 g/mol. The number of rotatable bonds is 3. The molecule has 4 aromatic rings. The molecule has 2 amide bonds. The Kier molecular flexibility index (Phi) is 8.03. The zero-order valence-electron chi connectivity index (χ0n) is 22.5. The van der Waals surface area contributed by atoms with Crippen LogP contribution in [0.4, 0.5) is 46.8 Å². The lowest BCUT2D eigenvalue weighted by molar-refractivity contribution is -0.137. The first-order chi connectivity index (χ1) is 20.0. The standard InChI is InChI=1S/C29H28F3N7O2S/c1-39(28(40)37-21-7-4-6-20(16-21)29(30,31)32)23-12-10-19(11-13-23)25-18-35-27-36-22-8-5-9-24(17-22)42(33,41)15-3-2-14-34-26(25)38-27/h4-13,16-18,33H,2-3,14-15H2,1H3,(H,37,40)(H2,34,35,36,38). The van der Waals surface area contributed by atoms with Gasteiger partial charge in [0.05, 0.1) is 15.3 Å². The van der Waals surface area contributed by atoms with Crippen molar-refractivity contribution in [3.63, 3.8) is 0 Å². The number of anilines is 5. The van der Waals surface area contributed by atoms with E-state index in [1.165, 1.54) is 24.1 Å². The number of nitrogens with zero attached hydrogens (tertiary/aromatic N) is 3. The Labute approximate surface area is 241 Å². The Hall–Kier alpha value is -4.65. The highest BCUT2D eigenvalue weighted by Crippen LogP contribution is 2.32. The normalized spacial score (nSPS) is 17.0. The van der Waals surface area contributed by atoms with Gasteiger partial charge in [-0.2, -0.15) is 18.2 Å². The van der Waals surface area contributed by atoms with Crippen molar-refractivity contribution in [1.82, 2.24) is 9.97 Å². The molecule has 4 N–H and O–H groups in total. The van der Waals surface area contributed by atoms with Crippen LogP contribution in [0.2, 0.25) is 0 Å². The number of fused-ring (bicyclic) bond motifs is 4. The van der Waals surface area contributed by atoms with Crippen molar-refractivity contribution in [3.8, 4) is 11.1 Å². The van der Waals surface area contributed by atoms with Gasteiger partial charge in [-0.3, -0.25) is 4.90 Å². The van der Waals surface area contributed by atoms with Gasteiger partial charge >= 0.3 is 12.2 Å². The predicted octanol–water partition coefficient (Wildman–Crippen LogP) is 7.19. The third kappa shape index (κ3) is 6.62. The lowest BCUT2D eigenvalue weighted by Gasteiger charge is -2.19. The lowest BCUT2D eigenvalue weighted by Crippen LogP contribution is -2.31. The van der Waals surface area contributed by atoms with Gasteiger partial charge in [0, 0.05) is 53.1 Å². The number of amides is 2. The fourth-order valence-electron chi connectivity index (χ4n) is 4.41. The molecule has 0 saturated carbocycles. The van der Waals surface area contributed by atoms with Crippen LogP contribution in [0.1, 0.15) is 18.4 Å². The van der Waals surface area contributed by atoms with Gasteiger partial charge in [-0.05, 0) is 66.9 Å². The summed E-state index contributed by atoms with van der Waals surface area (Å²) in [5, 5.41) is 8.94.